The number of aliphatic hydroxyl groups is 1. The maximum absolute atomic E-state index is 12.8. The van der Waals surface area contributed by atoms with Gasteiger partial charge in [-0.1, -0.05) is 36.4 Å². The highest BCUT2D eigenvalue weighted by molar-refractivity contribution is 5.69. The molecule has 29 heavy (non-hydrogen) atoms. The third-order valence-electron chi connectivity index (χ3n) is 5.71. The Labute approximate surface area is 170 Å². The van der Waals surface area contributed by atoms with Gasteiger partial charge < -0.3 is 19.5 Å². The molecule has 0 radical (unpaired) electrons. The molecule has 2 aromatic rings. The number of carbonyl (C=O) groups excluding carboxylic acids is 1. The second-order valence-electron chi connectivity index (χ2n) is 8.03. The lowest BCUT2D eigenvalue weighted by atomic mass is 9.77. The van der Waals surface area contributed by atoms with Crippen LogP contribution in [0.15, 0.2) is 48.7 Å². The molecule has 2 aliphatic heterocycles. The lowest BCUT2D eigenvalue weighted by Crippen LogP contribution is -2.62. The second kappa shape index (κ2) is 8.00. The number of carbonyl (C=O) groups is 1. The molecule has 1 aromatic heterocycles. The first-order chi connectivity index (χ1) is 14.0. The normalized spacial score (nSPS) is 26.1. The van der Waals surface area contributed by atoms with Crippen LogP contribution in [0.3, 0.4) is 0 Å². The first-order valence-electron chi connectivity index (χ1n) is 9.89. The van der Waals surface area contributed by atoms with Crippen molar-refractivity contribution in [3.63, 3.8) is 0 Å². The SMILES string of the molecule is CN(C)c1ccc(C2(O)CC3COCC(C2)N3C(=O)OCc2ccccc2)cn1. The Morgan fingerprint density at radius 2 is 1.90 bits per heavy atom. The van der Waals surface area contributed by atoms with E-state index in [0.717, 1.165) is 16.9 Å². The van der Waals surface area contributed by atoms with Crippen molar-refractivity contribution >= 4 is 11.9 Å². The summed E-state index contributed by atoms with van der Waals surface area (Å²) in [6.45, 7) is 1.02. The van der Waals surface area contributed by atoms with Crippen LogP contribution in [0.2, 0.25) is 0 Å². The van der Waals surface area contributed by atoms with E-state index in [4.69, 9.17) is 9.47 Å². The first kappa shape index (κ1) is 19.7. The van der Waals surface area contributed by atoms with Gasteiger partial charge in [-0.25, -0.2) is 9.78 Å². The maximum atomic E-state index is 12.8. The lowest BCUT2D eigenvalue weighted by Gasteiger charge is -2.50. The predicted octanol–water partition coefficient (Wildman–Crippen LogP) is 2.54. The van der Waals surface area contributed by atoms with Gasteiger partial charge in [0.2, 0.25) is 0 Å². The molecule has 7 nitrogen and oxygen atoms in total. The molecule has 2 fully saturated rings. The van der Waals surface area contributed by atoms with E-state index in [1.807, 2.05) is 61.5 Å². The largest absolute Gasteiger partial charge is 0.445 e. The van der Waals surface area contributed by atoms with E-state index in [1.54, 1.807) is 11.1 Å². The Balaban J connectivity index is 1.47. The van der Waals surface area contributed by atoms with E-state index >= 15 is 0 Å². The van der Waals surface area contributed by atoms with Gasteiger partial charge in [-0.2, -0.15) is 0 Å². The number of rotatable bonds is 4. The van der Waals surface area contributed by atoms with Crippen molar-refractivity contribution in [2.75, 3.05) is 32.2 Å². The van der Waals surface area contributed by atoms with Gasteiger partial charge in [0, 0.05) is 38.7 Å². The van der Waals surface area contributed by atoms with Crippen molar-refractivity contribution in [1.29, 1.82) is 0 Å². The monoisotopic (exact) mass is 397 g/mol. The van der Waals surface area contributed by atoms with Crippen molar-refractivity contribution in [3.8, 4) is 0 Å². The van der Waals surface area contributed by atoms with Crippen LogP contribution in [0, 0.1) is 0 Å². The zero-order valence-corrected chi connectivity index (χ0v) is 16.8. The quantitative estimate of drug-likeness (QED) is 0.855. The molecule has 7 heteroatoms. The number of hydrogen-bond acceptors (Lipinski definition) is 6. The summed E-state index contributed by atoms with van der Waals surface area (Å²) in [6, 6.07) is 13.0. The number of morpholine rings is 1. The average molecular weight is 397 g/mol. The highest BCUT2D eigenvalue weighted by atomic mass is 16.6. The Morgan fingerprint density at radius 3 is 2.48 bits per heavy atom. The van der Waals surface area contributed by atoms with Gasteiger partial charge in [0.05, 0.1) is 30.9 Å². The van der Waals surface area contributed by atoms with E-state index in [9.17, 15) is 9.90 Å². The van der Waals surface area contributed by atoms with E-state index in [2.05, 4.69) is 4.98 Å². The van der Waals surface area contributed by atoms with E-state index < -0.39 is 5.60 Å². The van der Waals surface area contributed by atoms with Gasteiger partial charge in [-0.05, 0) is 11.6 Å². The third-order valence-corrected chi connectivity index (χ3v) is 5.71. The predicted molar refractivity (Wildman–Crippen MR) is 109 cm³/mol. The number of benzene rings is 1. The van der Waals surface area contributed by atoms with Crippen LogP contribution in [0.25, 0.3) is 0 Å². The summed E-state index contributed by atoms with van der Waals surface area (Å²) in [7, 11) is 3.86. The number of ether oxygens (including phenoxy) is 2. The van der Waals surface area contributed by atoms with Crippen molar-refractivity contribution < 1.29 is 19.4 Å². The molecular weight excluding hydrogens is 370 g/mol. The summed E-state index contributed by atoms with van der Waals surface area (Å²) in [5.41, 5.74) is 0.688. The highest BCUT2D eigenvalue weighted by Gasteiger charge is 2.49. The topological polar surface area (TPSA) is 75.1 Å². The van der Waals surface area contributed by atoms with Gasteiger partial charge in [0.15, 0.2) is 0 Å². The number of hydrogen-bond donors (Lipinski definition) is 1. The minimum absolute atomic E-state index is 0.232. The molecule has 2 aliphatic rings. The van der Waals surface area contributed by atoms with E-state index in [-0.39, 0.29) is 24.8 Å². The van der Waals surface area contributed by atoms with Gasteiger partial charge in [0.25, 0.3) is 0 Å². The molecule has 2 unspecified atom stereocenters. The fourth-order valence-electron chi connectivity index (χ4n) is 4.23. The summed E-state index contributed by atoms with van der Waals surface area (Å²) >= 11 is 0. The van der Waals surface area contributed by atoms with Gasteiger partial charge >= 0.3 is 6.09 Å². The molecular formula is C22H27N3O4. The number of amides is 1. The lowest BCUT2D eigenvalue weighted by molar-refractivity contribution is -0.137. The van der Waals surface area contributed by atoms with Crippen LogP contribution >= 0.6 is 0 Å². The summed E-state index contributed by atoms with van der Waals surface area (Å²) in [6.07, 6.45) is 2.17. The van der Waals surface area contributed by atoms with Gasteiger partial charge in [-0.3, -0.25) is 4.90 Å². The van der Waals surface area contributed by atoms with Crippen LogP contribution in [-0.4, -0.2) is 60.5 Å². The Morgan fingerprint density at radius 1 is 1.21 bits per heavy atom. The fraction of sp³-hybridized carbons (Fsp3) is 0.455. The number of nitrogens with zero attached hydrogens (tertiary/aromatic N) is 3. The summed E-state index contributed by atoms with van der Waals surface area (Å²) in [5, 5.41) is 11.4. The molecule has 0 spiro atoms. The number of aromatic nitrogens is 1. The summed E-state index contributed by atoms with van der Waals surface area (Å²) < 4.78 is 11.2. The zero-order chi connectivity index (χ0) is 20.4. The van der Waals surface area contributed by atoms with Crippen molar-refractivity contribution in [2.45, 2.75) is 37.1 Å². The van der Waals surface area contributed by atoms with Gasteiger partial charge in [-0.15, -0.1) is 0 Å². The van der Waals surface area contributed by atoms with Crippen LogP contribution in [0.5, 0.6) is 0 Å². The molecule has 1 amide bonds. The number of fused-ring (bicyclic) bond motifs is 2. The summed E-state index contributed by atoms with van der Waals surface area (Å²) in [5.74, 6) is 0.836. The molecule has 2 saturated heterocycles. The first-order valence-corrected chi connectivity index (χ1v) is 9.89. The standard InChI is InChI=1S/C22H27N3O4/c1-24(2)20-9-8-17(12-23-20)22(27)10-18-14-28-15-19(11-22)25(18)21(26)29-13-16-6-4-3-5-7-16/h3-9,12,18-19,27H,10-11,13-15H2,1-2H3. The number of piperidine rings is 1. The van der Waals surface area contributed by atoms with E-state index in [1.165, 1.54) is 0 Å². The molecule has 2 atom stereocenters. The molecule has 0 aliphatic carbocycles. The Bertz CT molecular complexity index is 827. The number of anilines is 1. The molecule has 1 aromatic carbocycles. The molecule has 0 saturated carbocycles. The van der Waals surface area contributed by atoms with Gasteiger partial charge in [0.1, 0.15) is 12.4 Å². The minimum Gasteiger partial charge on any atom is -0.445 e. The van der Waals surface area contributed by atoms with Crippen LogP contribution < -0.4 is 4.90 Å². The smallest absolute Gasteiger partial charge is 0.410 e. The van der Waals surface area contributed by atoms with Crippen LogP contribution in [0.1, 0.15) is 24.0 Å². The zero-order valence-electron chi connectivity index (χ0n) is 16.8. The minimum atomic E-state index is -1.03. The van der Waals surface area contributed by atoms with Crippen LogP contribution in [-0.2, 0) is 21.7 Å². The molecule has 4 rings (SSSR count). The Hall–Kier alpha value is -2.64. The van der Waals surface area contributed by atoms with Crippen molar-refractivity contribution in [2.24, 2.45) is 0 Å². The fourth-order valence-corrected chi connectivity index (χ4v) is 4.23. The molecule has 3 heterocycles. The third kappa shape index (κ3) is 4.06. The summed E-state index contributed by atoms with van der Waals surface area (Å²) in [4.78, 5) is 20.9. The highest BCUT2D eigenvalue weighted by Crippen LogP contribution is 2.41. The Kier molecular flexibility index (Phi) is 5.43. The van der Waals surface area contributed by atoms with Crippen LogP contribution in [0.4, 0.5) is 10.6 Å². The molecule has 2 bridgehead atoms. The number of pyridine rings is 1. The maximum Gasteiger partial charge on any atom is 0.410 e. The van der Waals surface area contributed by atoms with E-state index in [0.29, 0.717) is 26.1 Å². The second-order valence-corrected chi connectivity index (χ2v) is 8.03. The average Bonchev–Trinajstić information content (AvgIpc) is 2.72. The molecule has 154 valence electrons. The molecule has 1 N–H and O–H groups in total. The van der Waals surface area contributed by atoms with Crippen molar-refractivity contribution in [3.05, 3.63) is 59.8 Å². The van der Waals surface area contributed by atoms with Crippen molar-refractivity contribution in [1.82, 2.24) is 9.88 Å².